The standard InChI is InChI=1S/C16H32N2O3/c1-4-14(5-2)18(11-13-20-3)16(19)8-12-21-15-6-9-17-10-7-15/h14-15,17H,4-13H2,1-3H3. The Hall–Kier alpha value is -0.650. The van der Waals surface area contributed by atoms with Crippen LogP contribution in [0.4, 0.5) is 0 Å². The second kappa shape index (κ2) is 11.0. The lowest BCUT2D eigenvalue weighted by Crippen LogP contribution is -2.42. The Morgan fingerprint density at radius 1 is 1.24 bits per heavy atom. The fourth-order valence-electron chi connectivity index (χ4n) is 2.85. The van der Waals surface area contributed by atoms with Crippen molar-refractivity contribution in [3.05, 3.63) is 0 Å². The molecule has 0 saturated carbocycles. The van der Waals surface area contributed by atoms with Crippen LogP contribution in [0.3, 0.4) is 0 Å². The average Bonchev–Trinajstić information content (AvgIpc) is 2.52. The van der Waals surface area contributed by atoms with Crippen molar-refractivity contribution in [1.82, 2.24) is 10.2 Å². The number of amides is 1. The zero-order valence-electron chi connectivity index (χ0n) is 13.9. The molecule has 1 aliphatic rings. The lowest BCUT2D eigenvalue weighted by Gasteiger charge is -2.31. The van der Waals surface area contributed by atoms with Crippen LogP contribution in [0, 0.1) is 0 Å². The van der Waals surface area contributed by atoms with E-state index in [0.29, 0.717) is 38.3 Å². The Balaban J connectivity index is 2.36. The van der Waals surface area contributed by atoms with Gasteiger partial charge in [0.05, 0.1) is 25.7 Å². The van der Waals surface area contributed by atoms with Gasteiger partial charge in [-0.25, -0.2) is 0 Å². The van der Waals surface area contributed by atoms with Gasteiger partial charge in [0.15, 0.2) is 0 Å². The van der Waals surface area contributed by atoms with Gasteiger partial charge in [-0.2, -0.15) is 0 Å². The third-order valence-corrected chi connectivity index (χ3v) is 4.20. The van der Waals surface area contributed by atoms with E-state index in [0.717, 1.165) is 38.8 Å². The lowest BCUT2D eigenvalue weighted by molar-refractivity contribution is -0.136. The van der Waals surface area contributed by atoms with E-state index in [1.807, 2.05) is 4.90 Å². The van der Waals surface area contributed by atoms with Gasteiger partial charge in [0.25, 0.3) is 0 Å². The number of carbonyl (C=O) groups excluding carboxylic acids is 1. The Morgan fingerprint density at radius 3 is 2.48 bits per heavy atom. The molecule has 0 aromatic carbocycles. The third-order valence-electron chi connectivity index (χ3n) is 4.20. The van der Waals surface area contributed by atoms with Crippen molar-refractivity contribution in [3.63, 3.8) is 0 Å². The molecule has 5 heteroatoms. The van der Waals surface area contributed by atoms with Crippen molar-refractivity contribution < 1.29 is 14.3 Å². The van der Waals surface area contributed by atoms with Gasteiger partial charge < -0.3 is 19.7 Å². The maximum absolute atomic E-state index is 12.4. The number of nitrogens with zero attached hydrogens (tertiary/aromatic N) is 1. The summed E-state index contributed by atoms with van der Waals surface area (Å²) in [5.74, 6) is 0.190. The van der Waals surface area contributed by atoms with Gasteiger partial charge in [-0.05, 0) is 38.8 Å². The van der Waals surface area contributed by atoms with Crippen molar-refractivity contribution in [2.24, 2.45) is 0 Å². The number of carbonyl (C=O) groups is 1. The zero-order chi connectivity index (χ0) is 15.5. The summed E-state index contributed by atoms with van der Waals surface area (Å²) in [7, 11) is 1.68. The highest BCUT2D eigenvalue weighted by molar-refractivity contribution is 5.76. The molecule has 0 aromatic heterocycles. The molecule has 1 aliphatic heterocycles. The summed E-state index contributed by atoms with van der Waals surface area (Å²) in [6.45, 7) is 8.11. The van der Waals surface area contributed by atoms with E-state index in [9.17, 15) is 4.79 Å². The summed E-state index contributed by atoms with van der Waals surface area (Å²) in [4.78, 5) is 14.4. The Bertz CT molecular complexity index is 277. The smallest absolute Gasteiger partial charge is 0.225 e. The first-order chi connectivity index (χ1) is 10.2. The summed E-state index contributed by atoms with van der Waals surface area (Å²) in [5.41, 5.74) is 0. The molecule has 1 amide bonds. The molecule has 0 spiro atoms. The number of piperidine rings is 1. The minimum absolute atomic E-state index is 0.190. The first-order valence-electron chi connectivity index (χ1n) is 8.33. The van der Waals surface area contributed by atoms with E-state index < -0.39 is 0 Å². The molecule has 0 aliphatic carbocycles. The third kappa shape index (κ3) is 6.76. The highest BCUT2D eigenvalue weighted by atomic mass is 16.5. The number of rotatable bonds is 10. The molecule has 21 heavy (non-hydrogen) atoms. The van der Waals surface area contributed by atoms with Crippen LogP contribution in [0.2, 0.25) is 0 Å². The molecule has 124 valence electrons. The van der Waals surface area contributed by atoms with E-state index in [4.69, 9.17) is 9.47 Å². The summed E-state index contributed by atoms with van der Waals surface area (Å²) in [6.07, 6.45) is 4.87. The van der Waals surface area contributed by atoms with Crippen LogP contribution in [-0.2, 0) is 14.3 Å². The number of nitrogens with one attached hydrogen (secondary N) is 1. The van der Waals surface area contributed by atoms with Crippen molar-refractivity contribution in [1.29, 1.82) is 0 Å². The molecule has 1 saturated heterocycles. The van der Waals surface area contributed by atoms with E-state index in [1.54, 1.807) is 7.11 Å². The Kier molecular flexibility index (Phi) is 9.63. The summed E-state index contributed by atoms with van der Waals surface area (Å²) in [5, 5.41) is 3.32. The van der Waals surface area contributed by atoms with Crippen molar-refractivity contribution >= 4 is 5.91 Å². The maximum Gasteiger partial charge on any atom is 0.225 e. The second-order valence-corrected chi connectivity index (χ2v) is 5.62. The molecule has 0 aromatic rings. The number of methoxy groups -OCH3 is 1. The largest absolute Gasteiger partial charge is 0.383 e. The van der Waals surface area contributed by atoms with Crippen LogP contribution < -0.4 is 5.32 Å². The molecule has 0 bridgehead atoms. The molecule has 0 radical (unpaired) electrons. The predicted octanol–water partition coefficient (Wildman–Crippen LogP) is 1.81. The van der Waals surface area contributed by atoms with Gasteiger partial charge in [-0.1, -0.05) is 13.8 Å². The Morgan fingerprint density at radius 2 is 1.90 bits per heavy atom. The molecule has 1 fully saturated rings. The van der Waals surface area contributed by atoms with Gasteiger partial charge in [-0.3, -0.25) is 4.79 Å². The fourth-order valence-corrected chi connectivity index (χ4v) is 2.85. The lowest BCUT2D eigenvalue weighted by atomic mass is 10.1. The van der Waals surface area contributed by atoms with Crippen LogP contribution in [0.15, 0.2) is 0 Å². The SMILES string of the molecule is CCC(CC)N(CCOC)C(=O)CCOC1CCNCC1. The fraction of sp³-hybridized carbons (Fsp3) is 0.938. The quantitative estimate of drug-likeness (QED) is 0.668. The molecular weight excluding hydrogens is 268 g/mol. The minimum Gasteiger partial charge on any atom is -0.383 e. The monoisotopic (exact) mass is 300 g/mol. The zero-order valence-corrected chi connectivity index (χ0v) is 13.9. The molecule has 1 heterocycles. The van der Waals surface area contributed by atoms with Crippen LogP contribution >= 0.6 is 0 Å². The summed E-state index contributed by atoms with van der Waals surface area (Å²) in [6, 6.07) is 0.312. The molecule has 1 N–H and O–H groups in total. The second-order valence-electron chi connectivity index (χ2n) is 5.62. The van der Waals surface area contributed by atoms with Gasteiger partial charge >= 0.3 is 0 Å². The first-order valence-corrected chi connectivity index (χ1v) is 8.33. The van der Waals surface area contributed by atoms with Crippen LogP contribution in [0.5, 0.6) is 0 Å². The molecular formula is C16H32N2O3. The molecule has 0 atom stereocenters. The van der Waals surface area contributed by atoms with E-state index in [2.05, 4.69) is 19.2 Å². The highest BCUT2D eigenvalue weighted by Crippen LogP contribution is 2.12. The highest BCUT2D eigenvalue weighted by Gasteiger charge is 2.21. The van der Waals surface area contributed by atoms with Crippen molar-refractivity contribution in [2.75, 3.05) is 40.0 Å². The number of hydrogen-bond acceptors (Lipinski definition) is 4. The Labute approximate surface area is 129 Å². The molecule has 1 rings (SSSR count). The minimum atomic E-state index is 0.190. The number of ether oxygens (including phenoxy) is 2. The van der Waals surface area contributed by atoms with Gasteiger partial charge in [0.1, 0.15) is 0 Å². The van der Waals surface area contributed by atoms with Crippen molar-refractivity contribution in [3.8, 4) is 0 Å². The topological polar surface area (TPSA) is 50.8 Å². The normalized spacial score (nSPS) is 16.4. The molecule has 5 nitrogen and oxygen atoms in total. The summed E-state index contributed by atoms with van der Waals surface area (Å²) < 4.78 is 11.0. The van der Waals surface area contributed by atoms with Crippen LogP contribution in [0.1, 0.15) is 46.0 Å². The van der Waals surface area contributed by atoms with E-state index >= 15 is 0 Å². The van der Waals surface area contributed by atoms with Gasteiger partial charge in [0, 0.05) is 19.7 Å². The predicted molar refractivity (Wildman–Crippen MR) is 84.4 cm³/mol. The van der Waals surface area contributed by atoms with E-state index in [-0.39, 0.29) is 5.91 Å². The number of hydrogen-bond donors (Lipinski definition) is 1. The average molecular weight is 300 g/mol. The summed E-state index contributed by atoms with van der Waals surface area (Å²) >= 11 is 0. The molecule has 0 unspecified atom stereocenters. The van der Waals surface area contributed by atoms with Gasteiger partial charge in [0.2, 0.25) is 5.91 Å². The van der Waals surface area contributed by atoms with E-state index in [1.165, 1.54) is 0 Å². The van der Waals surface area contributed by atoms with Crippen LogP contribution in [0.25, 0.3) is 0 Å². The van der Waals surface area contributed by atoms with Crippen LogP contribution in [-0.4, -0.2) is 62.9 Å². The first kappa shape index (κ1) is 18.4. The maximum atomic E-state index is 12.4. The van der Waals surface area contributed by atoms with Crippen molar-refractivity contribution in [2.45, 2.75) is 58.1 Å². The van der Waals surface area contributed by atoms with Gasteiger partial charge in [-0.15, -0.1) is 0 Å².